The minimum Gasteiger partial charge on any atom is -0.493 e. The van der Waals surface area contributed by atoms with E-state index < -0.39 is 0 Å². The Balaban J connectivity index is 2.38. The van der Waals surface area contributed by atoms with Crippen molar-refractivity contribution in [2.45, 2.75) is 20.3 Å². The number of allylic oxidation sites excluding steroid dienone is 1. The van der Waals surface area contributed by atoms with Crippen molar-refractivity contribution >= 4 is 12.0 Å². The molecule has 2 rings (SSSR count). The Morgan fingerprint density at radius 3 is 2.08 bits per heavy atom. The first-order chi connectivity index (χ1) is 12.2. The molecule has 0 bridgehead atoms. The van der Waals surface area contributed by atoms with Crippen LogP contribution in [0, 0.1) is 0 Å². The molecule has 0 atom stereocenters. The van der Waals surface area contributed by atoms with Gasteiger partial charge in [-0.1, -0.05) is 66.7 Å². The maximum atomic E-state index is 12.5. The van der Waals surface area contributed by atoms with Crippen molar-refractivity contribution in [3.8, 4) is 0 Å². The Bertz CT molecular complexity index is 715. The fourth-order valence-corrected chi connectivity index (χ4v) is 2.41. The van der Waals surface area contributed by atoms with Gasteiger partial charge in [-0.2, -0.15) is 0 Å². The van der Waals surface area contributed by atoms with Gasteiger partial charge in [0.25, 0.3) is 0 Å². The summed E-state index contributed by atoms with van der Waals surface area (Å²) < 4.78 is 11.0. The second-order valence-corrected chi connectivity index (χ2v) is 5.40. The fourth-order valence-electron chi connectivity index (χ4n) is 2.41. The summed E-state index contributed by atoms with van der Waals surface area (Å²) in [4.78, 5) is 12.5. The van der Waals surface area contributed by atoms with Crippen molar-refractivity contribution in [2.75, 3.05) is 13.2 Å². The molecule has 0 amide bonds. The first kappa shape index (κ1) is 18.5. The number of esters is 1. The number of ether oxygens (including phenoxy) is 2. The minimum atomic E-state index is -0.340. The molecule has 2 aromatic carbocycles. The summed E-state index contributed by atoms with van der Waals surface area (Å²) in [5.41, 5.74) is 2.61. The predicted octanol–water partition coefficient (Wildman–Crippen LogP) is 4.80. The number of hydrogen-bond donors (Lipinski definition) is 0. The van der Waals surface area contributed by atoms with Crippen LogP contribution in [0.1, 0.15) is 25.0 Å². The average molecular weight is 336 g/mol. The number of carbonyl (C=O) groups is 1. The zero-order chi connectivity index (χ0) is 17.9. The second-order valence-electron chi connectivity index (χ2n) is 5.40. The van der Waals surface area contributed by atoms with E-state index in [4.69, 9.17) is 9.47 Å². The van der Waals surface area contributed by atoms with Gasteiger partial charge in [-0.05, 0) is 31.1 Å². The van der Waals surface area contributed by atoms with Crippen molar-refractivity contribution in [1.29, 1.82) is 0 Å². The van der Waals surface area contributed by atoms with E-state index in [2.05, 4.69) is 0 Å². The fraction of sp³-hybridized carbons (Fsp3) is 0.227. The molecule has 0 radical (unpaired) electrons. The van der Waals surface area contributed by atoms with Gasteiger partial charge in [-0.3, -0.25) is 0 Å². The van der Waals surface area contributed by atoms with Crippen LogP contribution in [-0.4, -0.2) is 19.2 Å². The number of benzene rings is 2. The Kier molecular flexibility index (Phi) is 7.51. The molecule has 3 heteroatoms. The molecule has 0 spiro atoms. The molecule has 130 valence electrons. The summed E-state index contributed by atoms with van der Waals surface area (Å²) in [6.45, 7) is 4.52. The Hall–Kier alpha value is -2.81. The molecule has 0 aromatic heterocycles. The lowest BCUT2D eigenvalue weighted by atomic mass is 10.0. The highest BCUT2D eigenvalue weighted by molar-refractivity contribution is 5.90. The molecule has 0 saturated carbocycles. The molecule has 0 aliphatic heterocycles. The lowest BCUT2D eigenvalue weighted by molar-refractivity contribution is -0.138. The van der Waals surface area contributed by atoms with Crippen LogP contribution in [0.3, 0.4) is 0 Å². The van der Waals surface area contributed by atoms with Gasteiger partial charge in [0.2, 0.25) is 0 Å². The van der Waals surface area contributed by atoms with E-state index in [0.717, 1.165) is 11.1 Å². The first-order valence-electron chi connectivity index (χ1n) is 8.54. The largest absolute Gasteiger partial charge is 0.493 e. The van der Waals surface area contributed by atoms with E-state index in [0.29, 0.717) is 31.0 Å². The molecule has 0 aliphatic carbocycles. The molecule has 0 fully saturated rings. The van der Waals surface area contributed by atoms with Gasteiger partial charge in [0.1, 0.15) is 5.76 Å². The molecular weight excluding hydrogens is 312 g/mol. The van der Waals surface area contributed by atoms with Crippen LogP contribution in [0.2, 0.25) is 0 Å². The molecule has 0 N–H and O–H groups in total. The van der Waals surface area contributed by atoms with E-state index in [-0.39, 0.29) is 5.97 Å². The summed E-state index contributed by atoms with van der Waals surface area (Å²) in [7, 11) is 0. The zero-order valence-corrected chi connectivity index (χ0v) is 14.8. The lowest BCUT2D eigenvalue weighted by Crippen LogP contribution is -2.13. The van der Waals surface area contributed by atoms with Crippen LogP contribution in [0.15, 0.2) is 78.1 Å². The van der Waals surface area contributed by atoms with Crippen LogP contribution < -0.4 is 0 Å². The van der Waals surface area contributed by atoms with Gasteiger partial charge < -0.3 is 9.47 Å². The SMILES string of the molecule is CCOC(=O)/C(Cc1ccccc1)=C(\C=C\c1ccccc1)OCC. The third-order valence-corrected chi connectivity index (χ3v) is 3.57. The maximum Gasteiger partial charge on any atom is 0.338 e. The quantitative estimate of drug-likeness (QED) is 0.301. The summed E-state index contributed by atoms with van der Waals surface area (Å²) >= 11 is 0. The lowest BCUT2D eigenvalue weighted by Gasteiger charge is -2.13. The van der Waals surface area contributed by atoms with Crippen molar-refractivity contribution in [2.24, 2.45) is 0 Å². The number of carbonyl (C=O) groups excluding carboxylic acids is 1. The van der Waals surface area contributed by atoms with Crippen LogP contribution in [0.5, 0.6) is 0 Å². The van der Waals surface area contributed by atoms with Crippen molar-refractivity contribution in [3.63, 3.8) is 0 Å². The Morgan fingerprint density at radius 2 is 1.48 bits per heavy atom. The number of hydrogen-bond acceptors (Lipinski definition) is 3. The first-order valence-corrected chi connectivity index (χ1v) is 8.54. The van der Waals surface area contributed by atoms with Gasteiger partial charge in [0.05, 0.1) is 18.8 Å². The van der Waals surface area contributed by atoms with Crippen LogP contribution in [0.25, 0.3) is 6.08 Å². The molecule has 2 aromatic rings. The third-order valence-electron chi connectivity index (χ3n) is 3.57. The van der Waals surface area contributed by atoms with Gasteiger partial charge >= 0.3 is 5.97 Å². The Labute approximate surface area is 149 Å². The highest BCUT2D eigenvalue weighted by Gasteiger charge is 2.17. The molecule has 0 aliphatic rings. The van der Waals surface area contributed by atoms with E-state index in [9.17, 15) is 4.79 Å². The normalized spacial score (nSPS) is 11.9. The van der Waals surface area contributed by atoms with Crippen LogP contribution in [0.4, 0.5) is 0 Å². The summed E-state index contributed by atoms with van der Waals surface area (Å²) in [6.07, 6.45) is 4.25. The van der Waals surface area contributed by atoms with Gasteiger partial charge in [0, 0.05) is 6.42 Å². The molecule has 25 heavy (non-hydrogen) atoms. The average Bonchev–Trinajstić information content (AvgIpc) is 2.65. The zero-order valence-electron chi connectivity index (χ0n) is 14.8. The molecular formula is C22H24O3. The van der Waals surface area contributed by atoms with Crippen molar-refractivity contribution in [3.05, 3.63) is 89.2 Å². The van der Waals surface area contributed by atoms with Crippen LogP contribution in [-0.2, 0) is 20.7 Å². The van der Waals surface area contributed by atoms with Crippen molar-refractivity contribution < 1.29 is 14.3 Å². The van der Waals surface area contributed by atoms with Gasteiger partial charge in [-0.25, -0.2) is 4.79 Å². The highest BCUT2D eigenvalue weighted by Crippen LogP contribution is 2.18. The second kappa shape index (κ2) is 10.1. The Morgan fingerprint density at radius 1 is 0.880 bits per heavy atom. The molecule has 0 unspecified atom stereocenters. The topological polar surface area (TPSA) is 35.5 Å². The molecule has 0 saturated heterocycles. The summed E-state index contributed by atoms with van der Waals surface area (Å²) in [5, 5.41) is 0. The van der Waals surface area contributed by atoms with Gasteiger partial charge in [0.15, 0.2) is 0 Å². The number of rotatable bonds is 8. The van der Waals surface area contributed by atoms with E-state index in [1.807, 2.05) is 79.7 Å². The van der Waals surface area contributed by atoms with Crippen molar-refractivity contribution in [1.82, 2.24) is 0 Å². The van der Waals surface area contributed by atoms with Gasteiger partial charge in [-0.15, -0.1) is 0 Å². The molecule has 3 nitrogen and oxygen atoms in total. The smallest absolute Gasteiger partial charge is 0.338 e. The summed E-state index contributed by atoms with van der Waals surface area (Å²) in [6, 6.07) is 19.8. The van der Waals surface area contributed by atoms with E-state index >= 15 is 0 Å². The highest BCUT2D eigenvalue weighted by atomic mass is 16.5. The van der Waals surface area contributed by atoms with E-state index in [1.54, 1.807) is 6.92 Å². The van der Waals surface area contributed by atoms with Crippen LogP contribution >= 0.6 is 0 Å². The van der Waals surface area contributed by atoms with E-state index in [1.165, 1.54) is 0 Å². The maximum absolute atomic E-state index is 12.5. The molecule has 0 heterocycles. The standard InChI is InChI=1S/C22H24O3/c1-3-24-21(16-15-18-11-7-5-8-12-18)20(22(23)25-4-2)17-19-13-9-6-10-14-19/h5-16H,3-4,17H2,1-2H3/b16-15+,21-20+. The predicted molar refractivity (Wildman–Crippen MR) is 101 cm³/mol. The summed E-state index contributed by atoms with van der Waals surface area (Å²) in [5.74, 6) is 0.209. The minimum absolute atomic E-state index is 0.332. The third kappa shape index (κ3) is 5.96. The monoisotopic (exact) mass is 336 g/mol.